The molecule has 164 valence electrons. The lowest BCUT2D eigenvalue weighted by Crippen LogP contribution is -2.62. The zero-order valence-electron chi connectivity index (χ0n) is 17.5. The van der Waals surface area contributed by atoms with Crippen molar-refractivity contribution in [2.75, 3.05) is 58.3 Å². The third-order valence-electron chi connectivity index (χ3n) is 5.85. The molecule has 0 saturated carbocycles. The number of fused-ring (bicyclic) bond motifs is 1. The van der Waals surface area contributed by atoms with Gasteiger partial charge in [-0.2, -0.15) is 0 Å². The van der Waals surface area contributed by atoms with Gasteiger partial charge in [0.25, 0.3) is 23.7 Å². The summed E-state index contributed by atoms with van der Waals surface area (Å²) >= 11 is 6.11. The van der Waals surface area contributed by atoms with Crippen LogP contribution >= 0.6 is 11.6 Å². The Bertz CT molecular complexity index is 1000. The number of imide groups is 1. The first-order chi connectivity index (χ1) is 14.8. The first-order valence-electron chi connectivity index (χ1n) is 10.0. The van der Waals surface area contributed by atoms with E-state index in [1.54, 1.807) is 11.6 Å². The highest BCUT2D eigenvalue weighted by Gasteiger charge is 2.53. The van der Waals surface area contributed by atoms with Crippen LogP contribution in [0.2, 0.25) is 5.02 Å². The molecule has 31 heavy (non-hydrogen) atoms. The van der Waals surface area contributed by atoms with E-state index < -0.39 is 23.9 Å². The Hall–Kier alpha value is -2.98. The summed E-state index contributed by atoms with van der Waals surface area (Å²) in [5.41, 5.74) is 6.52. The number of hydrogen-bond acceptors (Lipinski definition) is 6. The van der Waals surface area contributed by atoms with Gasteiger partial charge in [-0.1, -0.05) is 17.7 Å². The van der Waals surface area contributed by atoms with Gasteiger partial charge in [-0.25, -0.2) is 9.37 Å². The fourth-order valence-corrected chi connectivity index (χ4v) is 4.35. The lowest BCUT2D eigenvalue weighted by atomic mass is 10.1. The van der Waals surface area contributed by atoms with Gasteiger partial charge in [0, 0.05) is 51.0 Å². The number of piperazine rings is 1. The summed E-state index contributed by atoms with van der Waals surface area (Å²) in [5.74, 6) is -0.0705. The van der Waals surface area contributed by atoms with Crippen molar-refractivity contribution in [3.8, 4) is 0 Å². The standard InChI is InChI=1S/C20H24ClN7O3/c1-24-18-17(19(30)25(2)20(24)31)28(11-15(22)29)16(23-18)12-26-6-8-27(9-7-26)14-5-3-4-13(21)10-14/h3-5,10,17H,6-9,11-12H2,1-2H3,(H-,22,29)/p+1. The summed E-state index contributed by atoms with van der Waals surface area (Å²) < 4.78 is 1.61. The van der Waals surface area contributed by atoms with Crippen LogP contribution in [0, 0.1) is 0 Å². The molecule has 10 nitrogen and oxygen atoms in total. The third kappa shape index (κ3) is 4.00. The van der Waals surface area contributed by atoms with Crippen molar-refractivity contribution in [1.29, 1.82) is 0 Å². The van der Waals surface area contributed by atoms with Gasteiger partial charge in [0.15, 0.2) is 6.54 Å². The van der Waals surface area contributed by atoms with Crippen LogP contribution in [-0.2, 0) is 9.59 Å². The van der Waals surface area contributed by atoms with Gasteiger partial charge in [0.2, 0.25) is 0 Å². The lowest BCUT2D eigenvalue weighted by Gasteiger charge is -2.35. The van der Waals surface area contributed by atoms with Gasteiger partial charge in [-0.15, -0.1) is 0 Å². The van der Waals surface area contributed by atoms with Crippen molar-refractivity contribution < 1.29 is 19.0 Å². The first kappa shape index (κ1) is 21.3. The Morgan fingerprint density at radius 2 is 1.90 bits per heavy atom. The Morgan fingerprint density at radius 1 is 1.19 bits per heavy atom. The molecule has 11 heteroatoms. The maximum absolute atomic E-state index is 12.8. The number of aliphatic imine (C=N–C) groups is 1. The molecule has 2 saturated heterocycles. The van der Waals surface area contributed by atoms with Crippen molar-refractivity contribution >= 4 is 46.8 Å². The van der Waals surface area contributed by atoms with Gasteiger partial charge in [-0.05, 0) is 23.2 Å². The first-order valence-corrected chi connectivity index (χ1v) is 10.4. The SMILES string of the molecule is CN1C(=O)C2C(=NC(CN3CCN(c4cccc(Cl)c4)CC3)=[N+]2CC(N)=O)N(C)C1=O. The number of urea groups is 1. The van der Waals surface area contributed by atoms with E-state index in [0.717, 1.165) is 36.8 Å². The molecule has 3 aliphatic rings. The number of amidine groups is 2. The predicted molar refractivity (Wildman–Crippen MR) is 117 cm³/mol. The molecule has 1 aromatic rings. The van der Waals surface area contributed by atoms with Crippen LogP contribution in [0.1, 0.15) is 0 Å². The highest BCUT2D eigenvalue weighted by Crippen LogP contribution is 2.22. The third-order valence-corrected chi connectivity index (χ3v) is 6.09. The number of anilines is 1. The summed E-state index contributed by atoms with van der Waals surface area (Å²) in [6.07, 6.45) is 0. The highest BCUT2D eigenvalue weighted by atomic mass is 35.5. The maximum Gasteiger partial charge on any atom is 0.333 e. The topological polar surface area (TPSA) is 106 Å². The van der Waals surface area contributed by atoms with Crippen molar-refractivity contribution in [2.45, 2.75) is 6.04 Å². The molecule has 0 radical (unpaired) electrons. The number of amides is 4. The monoisotopic (exact) mass is 446 g/mol. The fraction of sp³-hybridized carbons (Fsp3) is 0.450. The minimum atomic E-state index is -0.817. The van der Waals surface area contributed by atoms with Crippen LogP contribution in [0.3, 0.4) is 0 Å². The number of rotatable bonds is 5. The largest absolute Gasteiger partial charge is 0.369 e. The molecule has 1 aromatic carbocycles. The highest BCUT2D eigenvalue weighted by molar-refractivity contribution is 6.30. The molecule has 0 spiro atoms. The van der Waals surface area contributed by atoms with Crippen molar-refractivity contribution in [3.05, 3.63) is 29.3 Å². The fourth-order valence-electron chi connectivity index (χ4n) is 4.16. The average Bonchev–Trinajstić information content (AvgIpc) is 3.08. The molecule has 3 aliphatic heterocycles. The Balaban J connectivity index is 1.52. The Labute approximate surface area is 185 Å². The van der Waals surface area contributed by atoms with E-state index in [1.807, 2.05) is 24.3 Å². The van der Waals surface area contributed by atoms with Gasteiger partial charge in [0.1, 0.15) is 6.54 Å². The molecule has 0 aliphatic carbocycles. The Morgan fingerprint density at radius 3 is 2.55 bits per heavy atom. The van der Waals surface area contributed by atoms with Crippen LogP contribution in [0.5, 0.6) is 0 Å². The number of likely N-dealkylation sites (N-methyl/N-ethyl adjacent to an activating group) is 2. The molecule has 1 unspecified atom stereocenters. The Kier molecular flexibility index (Phi) is 5.67. The van der Waals surface area contributed by atoms with E-state index in [4.69, 9.17) is 17.3 Å². The number of hydrogen-bond donors (Lipinski definition) is 1. The second-order valence-electron chi connectivity index (χ2n) is 7.86. The molecule has 4 amide bonds. The molecule has 4 rings (SSSR count). The number of halogens is 1. The number of carbonyl (C=O) groups excluding carboxylic acids is 3. The summed E-state index contributed by atoms with van der Waals surface area (Å²) in [6, 6.07) is 6.50. The number of nitrogens with zero attached hydrogens (tertiary/aromatic N) is 6. The minimum absolute atomic E-state index is 0.142. The molecule has 3 heterocycles. The average molecular weight is 447 g/mol. The van der Waals surface area contributed by atoms with Crippen LogP contribution in [0.4, 0.5) is 10.5 Å². The molecular formula is C20H25ClN7O3+. The maximum atomic E-state index is 12.8. The quantitative estimate of drug-likeness (QED) is 0.623. The second-order valence-corrected chi connectivity index (χ2v) is 8.30. The summed E-state index contributed by atoms with van der Waals surface area (Å²) in [7, 11) is 3.00. The number of carbonyl (C=O) groups is 3. The minimum Gasteiger partial charge on any atom is -0.369 e. The van der Waals surface area contributed by atoms with Crippen LogP contribution < -0.4 is 10.6 Å². The van der Waals surface area contributed by atoms with E-state index in [9.17, 15) is 14.4 Å². The van der Waals surface area contributed by atoms with Gasteiger partial charge in [0.05, 0.1) is 0 Å². The zero-order chi connectivity index (χ0) is 22.3. The van der Waals surface area contributed by atoms with Crippen molar-refractivity contribution in [2.24, 2.45) is 10.7 Å². The van der Waals surface area contributed by atoms with E-state index >= 15 is 0 Å². The molecule has 1 atom stereocenters. The van der Waals surface area contributed by atoms with Gasteiger partial charge >= 0.3 is 11.9 Å². The van der Waals surface area contributed by atoms with Gasteiger partial charge < -0.3 is 10.6 Å². The summed E-state index contributed by atoms with van der Waals surface area (Å²) in [4.78, 5) is 48.2. The number of nitrogens with two attached hydrogens (primary N) is 1. The number of primary amides is 1. The van der Waals surface area contributed by atoms with Crippen LogP contribution in [0.25, 0.3) is 0 Å². The normalized spacial score (nSPS) is 22.2. The zero-order valence-corrected chi connectivity index (χ0v) is 18.2. The lowest BCUT2D eigenvalue weighted by molar-refractivity contribution is -0.525. The summed E-state index contributed by atoms with van der Waals surface area (Å²) in [5, 5.41) is 0.704. The van der Waals surface area contributed by atoms with Crippen molar-refractivity contribution in [3.63, 3.8) is 0 Å². The van der Waals surface area contributed by atoms with Gasteiger partial charge in [-0.3, -0.25) is 24.3 Å². The van der Waals surface area contributed by atoms with Crippen LogP contribution in [-0.4, -0.2) is 108 Å². The molecular weight excluding hydrogens is 422 g/mol. The van der Waals surface area contributed by atoms with E-state index in [1.165, 1.54) is 11.9 Å². The van der Waals surface area contributed by atoms with E-state index in [0.29, 0.717) is 23.2 Å². The molecule has 2 fully saturated rings. The number of benzene rings is 1. The molecule has 2 N–H and O–H groups in total. The summed E-state index contributed by atoms with van der Waals surface area (Å²) in [6.45, 7) is 3.48. The second kappa shape index (κ2) is 8.27. The van der Waals surface area contributed by atoms with E-state index in [2.05, 4.69) is 14.8 Å². The molecule has 0 aromatic heterocycles. The smallest absolute Gasteiger partial charge is 0.333 e. The van der Waals surface area contributed by atoms with Crippen LogP contribution in [0.15, 0.2) is 29.3 Å². The van der Waals surface area contributed by atoms with Crippen molar-refractivity contribution in [1.82, 2.24) is 14.7 Å². The molecule has 0 bridgehead atoms. The van der Waals surface area contributed by atoms with E-state index in [-0.39, 0.29) is 6.54 Å². The predicted octanol–water partition coefficient (Wildman–Crippen LogP) is -0.337.